The zero-order valence-electron chi connectivity index (χ0n) is 18.9. The summed E-state index contributed by atoms with van der Waals surface area (Å²) in [6, 6.07) is 13.6. The molecule has 0 saturated carbocycles. The number of rotatable bonds is 6. The van der Waals surface area contributed by atoms with Crippen LogP contribution < -0.4 is 4.74 Å². The van der Waals surface area contributed by atoms with Gasteiger partial charge in [0.1, 0.15) is 5.75 Å². The highest BCUT2D eigenvalue weighted by atomic mass is 16.5. The number of carbonyl (C=O) groups is 1. The van der Waals surface area contributed by atoms with Gasteiger partial charge in [-0.2, -0.15) is 5.10 Å². The van der Waals surface area contributed by atoms with Crippen molar-refractivity contribution in [3.8, 4) is 5.75 Å². The number of aryl methyl sites for hydroxylation is 1. The summed E-state index contributed by atoms with van der Waals surface area (Å²) in [7, 11) is 1.71. The Kier molecular flexibility index (Phi) is 5.64. The highest BCUT2D eigenvalue weighted by molar-refractivity contribution is 5.90. The lowest BCUT2D eigenvalue weighted by molar-refractivity contribution is 0.0682. The van der Waals surface area contributed by atoms with Gasteiger partial charge in [-0.25, -0.2) is 4.79 Å². The summed E-state index contributed by atoms with van der Waals surface area (Å²) in [6.45, 7) is 3.57. The monoisotopic (exact) mass is 444 g/mol. The van der Waals surface area contributed by atoms with E-state index < -0.39 is 5.97 Å². The van der Waals surface area contributed by atoms with E-state index in [1.807, 2.05) is 35.3 Å². The van der Waals surface area contributed by atoms with Crippen molar-refractivity contribution in [2.75, 3.05) is 13.7 Å². The van der Waals surface area contributed by atoms with E-state index in [0.29, 0.717) is 12.1 Å². The first kappa shape index (κ1) is 21.3. The van der Waals surface area contributed by atoms with Crippen molar-refractivity contribution in [3.05, 3.63) is 83.3 Å². The van der Waals surface area contributed by atoms with Crippen LogP contribution in [0.25, 0.3) is 10.9 Å². The number of aromatic amines is 1. The average Bonchev–Trinajstić information content (AvgIpc) is 3.54. The number of carboxylic acid groups (broad SMARTS) is 1. The lowest BCUT2D eigenvalue weighted by Gasteiger charge is -2.40. The Morgan fingerprint density at radius 1 is 1.27 bits per heavy atom. The number of likely N-dealkylation sites (tertiary alicyclic amines) is 1. The van der Waals surface area contributed by atoms with Gasteiger partial charge in [-0.3, -0.25) is 9.58 Å². The van der Waals surface area contributed by atoms with Gasteiger partial charge in [0, 0.05) is 54.2 Å². The minimum Gasteiger partial charge on any atom is -0.496 e. The maximum atomic E-state index is 12.1. The number of H-pyrrole nitrogens is 1. The number of hydrogen-bond acceptors (Lipinski definition) is 4. The fraction of sp³-hybridized carbons (Fsp3) is 0.308. The average molecular weight is 445 g/mol. The molecule has 0 amide bonds. The van der Waals surface area contributed by atoms with Gasteiger partial charge >= 0.3 is 5.97 Å². The molecule has 0 aliphatic carbocycles. The quantitative estimate of drug-likeness (QED) is 0.439. The number of methoxy groups -OCH3 is 1. The second-order valence-corrected chi connectivity index (χ2v) is 8.68. The zero-order chi connectivity index (χ0) is 22.9. The number of aromatic carboxylic acids is 1. The molecule has 2 N–H and O–H groups in total. The summed E-state index contributed by atoms with van der Waals surface area (Å²) in [5.74, 6) is -0.0354. The second-order valence-electron chi connectivity index (χ2n) is 8.68. The van der Waals surface area contributed by atoms with Crippen molar-refractivity contribution in [3.63, 3.8) is 0 Å². The maximum absolute atomic E-state index is 12.1. The van der Waals surface area contributed by atoms with Crippen molar-refractivity contribution < 1.29 is 14.6 Å². The van der Waals surface area contributed by atoms with Gasteiger partial charge in [-0.15, -0.1) is 0 Å². The molecule has 2 atom stereocenters. The summed E-state index contributed by atoms with van der Waals surface area (Å²) in [6.07, 6.45) is 7.48. The Morgan fingerprint density at radius 2 is 2.12 bits per heavy atom. The van der Waals surface area contributed by atoms with Crippen molar-refractivity contribution in [2.24, 2.45) is 0 Å². The summed E-state index contributed by atoms with van der Waals surface area (Å²) >= 11 is 0. The molecule has 1 saturated heterocycles. The van der Waals surface area contributed by atoms with E-state index in [1.165, 1.54) is 0 Å². The third kappa shape index (κ3) is 3.89. The van der Waals surface area contributed by atoms with Crippen LogP contribution in [0.2, 0.25) is 0 Å². The van der Waals surface area contributed by atoms with Gasteiger partial charge < -0.3 is 14.8 Å². The van der Waals surface area contributed by atoms with Gasteiger partial charge in [0.15, 0.2) is 0 Å². The Morgan fingerprint density at radius 3 is 2.88 bits per heavy atom. The lowest BCUT2D eigenvalue weighted by Crippen LogP contribution is -2.38. The van der Waals surface area contributed by atoms with Crippen LogP contribution in [-0.2, 0) is 6.54 Å². The number of aromatic nitrogens is 3. The fourth-order valence-electron chi connectivity index (χ4n) is 5.21. The van der Waals surface area contributed by atoms with Gasteiger partial charge in [0.2, 0.25) is 0 Å². The number of nitrogens with one attached hydrogen (secondary N) is 1. The first-order chi connectivity index (χ1) is 16.1. The van der Waals surface area contributed by atoms with Crippen LogP contribution in [-0.4, -0.2) is 44.4 Å². The molecule has 1 fully saturated rings. The highest BCUT2D eigenvalue weighted by Crippen LogP contribution is 2.41. The van der Waals surface area contributed by atoms with E-state index in [-0.39, 0.29) is 12.1 Å². The van der Waals surface area contributed by atoms with Crippen LogP contribution in [0, 0.1) is 6.92 Å². The molecular formula is C26H28N4O3. The number of hydrogen-bond donors (Lipinski definition) is 2. The first-order valence-corrected chi connectivity index (χ1v) is 11.3. The Balaban J connectivity index is 1.57. The molecule has 1 aliphatic rings. The van der Waals surface area contributed by atoms with Crippen LogP contribution in [0.5, 0.6) is 5.75 Å². The van der Waals surface area contributed by atoms with E-state index in [2.05, 4.69) is 34.0 Å². The summed E-state index contributed by atoms with van der Waals surface area (Å²) in [4.78, 5) is 17.8. The standard InChI is InChI=1S/C26H28N4O3/c1-17-14-24(33-2)22(20-8-11-27-25(17)20)16-29-13-9-18(30-12-5-10-28-30)15-23(29)19-6-3-4-7-21(19)26(31)32/h3-8,10-12,14,18,23,27H,9,13,15-16H2,1-2H3,(H,31,32)/t18?,23-/m1/s1. The molecule has 7 heteroatoms. The minimum atomic E-state index is -0.896. The third-order valence-corrected chi connectivity index (χ3v) is 6.83. The van der Waals surface area contributed by atoms with E-state index >= 15 is 0 Å². The molecule has 0 bridgehead atoms. The van der Waals surface area contributed by atoms with E-state index in [4.69, 9.17) is 4.74 Å². The van der Waals surface area contributed by atoms with Crippen LogP contribution >= 0.6 is 0 Å². The molecule has 1 aliphatic heterocycles. The SMILES string of the molecule is COc1cc(C)c2[nH]ccc2c1CN1CCC(n2cccn2)C[C@@H]1c1ccccc1C(=O)O. The minimum absolute atomic E-state index is 0.0553. The number of piperidine rings is 1. The van der Waals surface area contributed by atoms with E-state index in [0.717, 1.165) is 52.7 Å². The Labute approximate surface area is 192 Å². The van der Waals surface area contributed by atoms with Crippen molar-refractivity contribution in [1.82, 2.24) is 19.7 Å². The topological polar surface area (TPSA) is 83.4 Å². The molecule has 5 rings (SSSR count). The first-order valence-electron chi connectivity index (χ1n) is 11.3. The molecule has 3 heterocycles. The molecular weight excluding hydrogens is 416 g/mol. The molecule has 1 unspecified atom stereocenters. The molecule has 170 valence electrons. The van der Waals surface area contributed by atoms with Gasteiger partial charge in [-0.05, 0) is 55.2 Å². The molecule has 2 aromatic carbocycles. The Bertz CT molecular complexity index is 1280. The predicted octanol–water partition coefficient (Wildman–Crippen LogP) is 4.96. The number of nitrogens with zero attached hydrogens (tertiary/aromatic N) is 3. The third-order valence-electron chi connectivity index (χ3n) is 6.83. The van der Waals surface area contributed by atoms with Gasteiger partial charge in [0.25, 0.3) is 0 Å². The zero-order valence-corrected chi connectivity index (χ0v) is 18.9. The number of fused-ring (bicyclic) bond motifs is 1. The smallest absolute Gasteiger partial charge is 0.336 e. The second kappa shape index (κ2) is 8.75. The lowest BCUT2D eigenvalue weighted by atomic mass is 9.88. The largest absolute Gasteiger partial charge is 0.496 e. The van der Waals surface area contributed by atoms with Crippen LogP contribution in [0.1, 0.15) is 52.0 Å². The normalized spacial score (nSPS) is 19.1. The van der Waals surface area contributed by atoms with Crippen molar-refractivity contribution in [2.45, 2.75) is 38.4 Å². The highest BCUT2D eigenvalue weighted by Gasteiger charge is 2.33. The van der Waals surface area contributed by atoms with Crippen LogP contribution in [0.4, 0.5) is 0 Å². The van der Waals surface area contributed by atoms with Gasteiger partial charge in [0.05, 0.1) is 18.7 Å². The molecule has 33 heavy (non-hydrogen) atoms. The summed E-state index contributed by atoms with van der Waals surface area (Å²) < 4.78 is 7.78. The van der Waals surface area contributed by atoms with Gasteiger partial charge in [-0.1, -0.05) is 18.2 Å². The summed E-state index contributed by atoms with van der Waals surface area (Å²) in [5.41, 5.74) is 4.57. The van der Waals surface area contributed by atoms with E-state index in [1.54, 1.807) is 25.4 Å². The van der Waals surface area contributed by atoms with Crippen molar-refractivity contribution >= 4 is 16.9 Å². The van der Waals surface area contributed by atoms with Crippen molar-refractivity contribution in [1.29, 1.82) is 0 Å². The Hall–Kier alpha value is -3.58. The number of benzene rings is 2. The number of carboxylic acids is 1. The molecule has 2 aromatic heterocycles. The fourth-order valence-corrected chi connectivity index (χ4v) is 5.21. The molecule has 4 aromatic rings. The number of ether oxygens (including phenoxy) is 1. The molecule has 7 nitrogen and oxygen atoms in total. The van der Waals surface area contributed by atoms with Crippen LogP contribution in [0.15, 0.2) is 61.1 Å². The van der Waals surface area contributed by atoms with Crippen LogP contribution in [0.3, 0.4) is 0 Å². The predicted molar refractivity (Wildman–Crippen MR) is 127 cm³/mol. The maximum Gasteiger partial charge on any atom is 0.336 e. The molecule has 0 spiro atoms. The summed E-state index contributed by atoms with van der Waals surface area (Å²) in [5, 5.41) is 15.5. The molecule has 0 radical (unpaired) electrons. The van der Waals surface area contributed by atoms with E-state index in [9.17, 15) is 9.90 Å².